The van der Waals surface area contributed by atoms with Crippen molar-refractivity contribution in [1.82, 2.24) is 4.90 Å². The summed E-state index contributed by atoms with van der Waals surface area (Å²) >= 11 is 0. The molecule has 2 amide bonds. The Bertz CT molecular complexity index is 921. The van der Waals surface area contributed by atoms with Crippen molar-refractivity contribution < 1.29 is 23.2 Å². The molecule has 0 saturated carbocycles. The first kappa shape index (κ1) is 32.7. The number of hydrogen-bond donors (Lipinski definition) is 0. The van der Waals surface area contributed by atoms with Crippen LogP contribution in [-0.4, -0.2) is 58.9 Å². The van der Waals surface area contributed by atoms with Crippen LogP contribution in [0.2, 0.25) is 36.3 Å². The summed E-state index contributed by atoms with van der Waals surface area (Å²) in [6.45, 7) is 25.3. The maximum Gasteiger partial charge on any atom is 0.416 e. The zero-order valence-electron chi connectivity index (χ0n) is 25.8. The molecule has 0 aliphatic carbocycles. The highest BCUT2D eigenvalue weighted by Gasteiger charge is 2.45. The zero-order valence-corrected chi connectivity index (χ0v) is 27.8. The van der Waals surface area contributed by atoms with Crippen molar-refractivity contribution in [3.8, 4) is 0 Å². The van der Waals surface area contributed by atoms with Gasteiger partial charge in [-0.25, -0.2) is 9.69 Å². The van der Waals surface area contributed by atoms with E-state index in [9.17, 15) is 9.59 Å². The number of ether oxygens (including phenoxy) is 1. The Morgan fingerprint density at radius 1 is 1.00 bits per heavy atom. The van der Waals surface area contributed by atoms with Crippen molar-refractivity contribution >= 4 is 28.6 Å². The molecule has 1 fully saturated rings. The lowest BCUT2D eigenvalue weighted by Gasteiger charge is -2.41. The molecule has 1 heterocycles. The Labute approximate surface area is 234 Å². The Kier molecular flexibility index (Phi) is 11.0. The molecule has 216 valence electrons. The smallest absolute Gasteiger partial charge is 0.416 e. The molecular weight excluding hydrogens is 511 g/mol. The van der Waals surface area contributed by atoms with Crippen molar-refractivity contribution in [3.63, 3.8) is 0 Å². The molecule has 0 bridgehead atoms. The van der Waals surface area contributed by atoms with Crippen LogP contribution in [0.3, 0.4) is 0 Å². The van der Waals surface area contributed by atoms with Crippen molar-refractivity contribution in [2.45, 2.75) is 123 Å². The molecule has 1 aliphatic rings. The van der Waals surface area contributed by atoms with Gasteiger partial charge in [-0.3, -0.25) is 4.79 Å². The largest absolute Gasteiger partial charge is 0.447 e. The van der Waals surface area contributed by atoms with E-state index in [1.165, 1.54) is 4.90 Å². The molecule has 0 spiro atoms. The third-order valence-corrected chi connectivity index (χ3v) is 17.9. The fraction of sp³-hybridized carbons (Fsp3) is 0.733. The van der Waals surface area contributed by atoms with Crippen molar-refractivity contribution in [3.05, 3.63) is 35.9 Å². The SMILES string of the molecule is C[C@H](C(=O)N1C(=O)OC[C@@H]1Cc1ccccc1)[C@@H](CCCCO[Si](C)(C)C(C)(C)C)O[Si](C)(C)C(C)(C)C. The monoisotopic (exact) mass is 563 g/mol. The van der Waals surface area contributed by atoms with Crippen LogP contribution >= 0.6 is 0 Å². The van der Waals surface area contributed by atoms with Crippen LogP contribution in [0.4, 0.5) is 4.79 Å². The Balaban J connectivity index is 2.14. The Morgan fingerprint density at radius 2 is 1.58 bits per heavy atom. The molecule has 6 nitrogen and oxygen atoms in total. The van der Waals surface area contributed by atoms with E-state index in [4.69, 9.17) is 13.6 Å². The predicted octanol–water partition coefficient (Wildman–Crippen LogP) is 7.80. The molecule has 1 aromatic carbocycles. The lowest BCUT2D eigenvalue weighted by atomic mass is 9.97. The molecule has 1 aliphatic heterocycles. The minimum Gasteiger partial charge on any atom is -0.447 e. The van der Waals surface area contributed by atoms with Gasteiger partial charge in [0.05, 0.1) is 18.1 Å². The molecule has 38 heavy (non-hydrogen) atoms. The molecule has 2 rings (SSSR count). The number of unbranched alkanes of at least 4 members (excludes halogenated alkanes) is 1. The van der Waals surface area contributed by atoms with E-state index in [0.29, 0.717) is 6.42 Å². The van der Waals surface area contributed by atoms with Gasteiger partial charge in [-0.1, -0.05) is 78.8 Å². The molecule has 0 radical (unpaired) electrons. The second kappa shape index (κ2) is 12.8. The Morgan fingerprint density at radius 3 is 2.13 bits per heavy atom. The van der Waals surface area contributed by atoms with E-state index < -0.39 is 28.6 Å². The van der Waals surface area contributed by atoms with Crippen LogP contribution in [0.1, 0.15) is 73.3 Å². The molecule has 1 aromatic rings. The summed E-state index contributed by atoms with van der Waals surface area (Å²) in [5.74, 6) is -0.649. The van der Waals surface area contributed by atoms with Gasteiger partial charge in [0, 0.05) is 6.61 Å². The average molecular weight is 564 g/mol. The van der Waals surface area contributed by atoms with Gasteiger partial charge >= 0.3 is 6.09 Å². The summed E-state index contributed by atoms with van der Waals surface area (Å²) < 4.78 is 18.6. The van der Waals surface area contributed by atoms with Crippen LogP contribution in [0.5, 0.6) is 0 Å². The van der Waals surface area contributed by atoms with Gasteiger partial charge in [0.2, 0.25) is 5.91 Å². The van der Waals surface area contributed by atoms with Gasteiger partial charge in [0.15, 0.2) is 16.6 Å². The van der Waals surface area contributed by atoms with Gasteiger partial charge in [-0.15, -0.1) is 0 Å². The van der Waals surface area contributed by atoms with E-state index >= 15 is 0 Å². The lowest BCUT2D eigenvalue weighted by Crippen LogP contribution is -2.50. The van der Waals surface area contributed by atoms with Gasteiger partial charge in [-0.2, -0.15) is 0 Å². The highest BCUT2D eigenvalue weighted by Crippen LogP contribution is 2.39. The maximum absolute atomic E-state index is 13.8. The third kappa shape index (κ3) is 8.50. The molecule has 0 aromatic heterocycles. The van der Waals surface area contributed by atoms with Crippen LogP contribution in [0, 0.1) is 5.92 Å². The first-order chi connectivity index (χ1) is 17.4. The highest BCUT2D eigenvalue weighted by atomic mass is 28.4. The van der Waals surface area contributed by atoms with Crippen molar-refractivity contribution in [1.29, 1.82) is 0 Å². The van der Waals surface area contributed by atoms with Crippen LogP contribution in [0.15, 0.2) is 30.3 Å². The molecule has 0 N–H and O–H groups in total. The number of imide groups is 1. The summed E-state index contributed by atoms with van der Waals surface area (Å²) in [6.07, 6.45) is 2.37. The summed E-state index contributed by atoms with van der Waals surface area (Å²) in [6, 6.07) is 9.64. The van der Waals surface area contributed by atoms with Gasteiger partial charge in [-0.05, 0) is 67.5 Å². The van der Waals surface area contributed by atoms with Crippen molar-refractivity contribution in [2.24, 2.45) is 5.92 Å². The summed E-state index contributed by atoms with van der Waals surface area (Å²) in [5.41, 5.74) is 1.08. The summed E-state index contributed by atoms with van der Waals surface area (Å²) in [5, 5.41) is 0.199. The second-order valence-corrected chi connectivity index (χ2v) is 23.5. The average Bonchev–Trinajstić information content (AvgIpc) is 3.15. The van der Waals surface area contributed by atoms with Gasteiger partial charge < -0.3 is 13.6 Å². The van der Waals surface area contributed by atoms with Gasteiger partial charge in [0.1, 0.15) is 6.61 Å². The summed E-state index contributed by atoms with van der Waals surface area (Å²) in [4.78, 5) is 27.9. The minimum atomic E-state index is -2.15. The number of amides is 2. The maximum atomic E-state index is 13.8. The summed E-state index contributed by atoms with van der Waals surface area (Å²) in [7, 11) is -3.93. The first-order valence-electron chi connectivity index (χ1n) is 14.2. The molecule has 0 unspecified atom stereocenters. The number of cyclic esters (lactones) is 1. The number of hydrogen-bond acceptors (Lipinski definition) is 5. The van der Waals surface area contributed by atoms with E-state index in [-0.39, 0.29) is 34.7 Å². The number of carbonyl (C=O) groups is 2. The van der Waals surface area contributed by atoms with Gasteiger partial charge in [0.25, 0.3) is 0 Å². The van der Waals surface area contributed by atoms with E-state index in [0.717, 1.165) is 31.4 Å². The predicted molar refractivity (Wildman–Crippen MR) is 160 cm³/mol. The second-order valence-electron chi connectivity index (χ2n) is 13.9. The normalized spacial score (nSPS) is 18.9. The fourth-order valence-electron chi connectivity index (χ4n) is 4.10. The third-order valence-electron chi connectivity index (χ3n) is 8.86. The van der Waals surface area contributed by atoms with E-state index in [2.05, 4.69) is 67.7 Å². The highest BCUT2D eigenvalue weighted by molar-refractivity contribution is 6.74. The Hall–Kier alpha value is -1.49. The molecule has 1 saturated heterocycles. The quantitative estimate of drug-likeness (QED) is 0.192. The van der Waals surface area contributed by atoms with Crippen molar-refractivity contribution in [2.75, 3.05) is 13.2 Å². The zero-order chi connectivity index (χ0) is 28.9. The van der Waals surface area contributed by atoms with Crippen LogP contribution < -0.4 is 0 Å². The number of rotatable bonds is 12. The van der Waals surface area contributed by atoms with E-state index in [1.807, 2.05) is 37.3 Å². The first-order valence-corrected chi connectivity index (χ1v) is 20.0. The number of benzene rings is 1. The van der Waals surface area contributed by atoms with E-state index in [1.54, 1.807) is 0 Å². The minimum absolute atomic E-state index is 0.0158. The molecule has 8 heteroatoms. The molecule has 3 atom stereocenters. The van der Waals surface area contributed by atoms with Crippen LogP contribution in [0.25, 0.3) is 0 Å². The number of nitrogens with zero attached hydrogens (tertiary/aromatic N) is 1. The standard InChI is InChI=1S/C30H53NO5Si2/c1-23(27(32)31-25(22-34-28(31)33)21-24-17-13-12-14-18-24)26(36-38(10,11)30(5,6)7)19-15-16-20-35-37(8,9)29(2,3)4/h12-14,17-18,23,25-26H,15-16,19-22H2,1-11H3/t23-,25-,26+/m0/s1. The fourth-order valence-corrected chi connectivity index (χ4v) is 6.62. The van der Waals surface area contributed by atoms with Crippen LogP contribution in [-0.2, 0) is 24.8 Å². The number of carbonyl (C=O) groups excluding carboxylic acids is 2. The molecular formula is C30H53NO5Si2. The topological polar surface area (TPSA) is 65.1 Å². The lowest BCUT2D eigenvalue weighted by molar-refractivity contribution is -0.136.